The van der Waals surface area contributed by atoms with Crippen LogP contribution in [0.5, 0.6) is 0 Å². The molecule has 0 aromatic heterocycles. The van der Waals surface area contributed by atoms with Gasteiger partial charge in [-0.2, -0.15) is 0 Å². The number of rotatable bonds is 4. The van der Waals surface area contributed by atoms with Gasteiger partial charge in [0, 0.05) is 24.7 Å². The molecule has 6 nitrogen and oxygen atoms in total. The topological polar surface area (TPSA) is 86.5 Å². The van der Waals surface area contributed by atoms with Crippen LogP contribution in [0.25, 0.3) is 0 Å². The van der Waals surface area contributed by atoms with Gasteiger partial charge in [0.1, 0.15) is 5.60 Å². The van der Waals surface area contributed by atoms with Gasteiger partial charge in [-0.15, -0.1) is 0 Å². The van der Waals surface area contributed by atoms with Gasteiger partial charge in [-0.3, -0.25) is 10.1 Å². The monoisotopic (exact) mass is 309 g/mol. The summed E-state index contributed by atoms with van der Waals surface area (Å²) in [6.07, 6.45) is 1.21. The van der Waals surface area contributed by atoms with Crippen molar-refractivity contribution in [3.63, 3.8) is 0 Å². The van der Waals surface area contributed by atoms with Crippen molar-refractivity contribution in [3.05, 3.63) is 45.9 Å². The molecule has 0 spiro atoms. The smallest absolute Gasteiger partial charge is 0.269 e. The highest BCUT2D eigenvalue weighted by atomic mass is 32.2. The summed E-state index contributed by atoms with van der Waals surface area (Å²) >= 11 is 0. The van der Waals surface area contributed by atoms with E-state index >= 15 is 0 Å². The van der Waals surface area contributed by atoms with Gasteiger partial charge in [0.25, 0.3) is 5.69 Å². The van der Waals surface area contributed by atoms with E-state index < -0.39 is 20.4 Å². The molecule has 0 N–H and O–H groups in total. The van der Waals surface area contributed by atoms with Gasteiger partial charge < -0.3 is 4.74 Å². The predicted octanol–water partition coefficient (Wildman–Crippen LogP) is 2.31. The van der Waals surface area contributed by atoms with Gasteiger partial charge in [-0.1, -0.05) is 11.8 Å². The summed E-state index contributed by atoms with van der Waals surface area (Å²) < 4.78 is 29.0. The first-order valence-electron chi connectivity index (χ1n) is 5.92. The summed E-state index contributed by atoms with van der Waals surface area (Å²) in [6.45, 7) is 3.50. The minimum atomic E-state index is -3.67. The first-order valence-corrected chi connectivity index (χ1v) is 7.46. The maximum atomic E-state index is 12.0. The Bertz CT molecular complexity index is 706. The van der Waals surface area contributed by atoms with Crippen molar-refractivity contribution in [1.82, 2.24) is 0 Å². The van der Waals surface area contributed by atoms with Crippen molar-refractivity contribution >= 4 is 15.5 Å². The molecule has 1 aromatic carbocycles. The molecule has 0 atom stereocenters. The van der Waals surface area contributed by atoms with Crippen molar-refractivity contribution in [2.75, 3.05) is 7.11 Å². The zero-order chi connectivity index (χ0) is 16.1. The molecule has 0 aliphatic rings. The second kappa shape index (κ2) is 6.52. The van der Waals surface area contributed by atoms with Gasteiger partial charge in [0.2, 0.25) is 0 Å². The van der Waals surface area contributed by atoms with Crippen LogP contribution in [0.1, 0.15) is 13.8 Å². The second-order valence-corrected chi connectivity index (χ2v) is 6.42. The summed E-state index contributed by atoms with van der Waals surface area (Å²) in [5.41, 5.74) is -0.832. The fourth-order valence-corrected chi connectivity index (χ4v) is 2.15. The zero-order valence-corrected chi connectivity index (χ0v) is 12.7. The summed E-state index contributed by atoms with van der Waals surface area (Å²) in [6, 6.07) is 4.65. The number of allylic oxidation sites excluding steroid dienone is 1. The number of hydrogen-bond donors (Lipinski definition) is 0. The lowest BCUT2D eigenvalue weighted by molar-refractivity contribution is -0.384. The standard InChI is InChI=1S/C14H15NO5S/c1-14(2,20-3)10-4-5-11-21(18,19)13-8-6-12(7-9-13)15(16)17/h5-9,11H,1-3H3/b11-5-. The van der Waals surface area contributed by atoms with Gasteiger partial charge in [-0.25, -0.2) is 8.42 Å². The fraction of sp³-hybridized carbons (Fsp3) is 0.286. The quantitative estimate of drug-likeness (QED) is 0.484. The van der Waals surface area contributed by atoms with E-state index in [4.69, 9.17) is 4.74 Å². The van der Waals surface area contributed by atoms with Crippen LogP contribution in [0.3, 0.4) is 0 Å². The number of sulfone groups is 1. The van der Waals surface area contributed by atoms with Crippen LogP contribution in [-0.2, 0) is 14.6 Å². The molecule has 0 heterocycles. The molecule has 0 aliphatic carbocycles. The lowest BCUT2D eigenvalue weighted by Gasteiger charge is -2.13. The first-order chi connectivity index (χ1) is 9.68. The van der Waals surface area contributed by atoms with E-state index in [1.807, 2.05) is 0 Å². The maximum Gasteiger partial charge on any atom is 0.269 e. The third-order valence-corrected chi connectivity index (χ3v) is 4.01. The molecule has 1 aromatic rings. The maximum absolute atomic E-state index is 12.0. The van der Waals surface area contributed by atoms with Gasteiger partial charge in [-0.05, 0) is 32.1 Å². The first kappa shape index (κ1) is 16.9. The number of hydrogen-bond acceptors (Lipinski definition) is 5. The van der Waals surface area contributed by atoms with Crippen molar-refractivity contribution in [1.29, 1.82) is 0 Å². The van der Waals surface area contributed by atoms with E-state index in [-0.39, 0.29) is 10.6 Å². The van der Waals surface area contributed by atoms with Crippen LogP contribution in [0.4, 0.5) is 5.69 Å². The van der Waals surface area contributed by atoms with Gasteiger partial charge >= 0.3 is 0 Å². The van der Waals surface area contributed by atoms with Crippen LogP contribution in [-0.4, -0.2) is 26.1 Å². The Kier molecular flexibility index (Phi) is 5.24. The Morgan fingerprint density at radius 2 is 1.86 bits per heavy atom. The third-order valence-electron chi connectivity index (χ3n) is 2.59. The molecule has 0 saturated carbocycles. The average Bonchev–Trinajstić information content (AvgIpc) is 2.44. The molecule has 7 heteroatoms. The SMILES string of the molecule is COC(C)(C)C#C/C=C\S(=O)(=O)c1ccc([N+](=O)[O-])cc1. The Labute approximate surface area is 123 Å². The van der Waals surface area contributed by atoms with Crippen LogP contribution in [0.2, 0.25) is 0 Å². The average molecular weight is 309 g/mol. The lowest BCUT2D eigenvalue weighted by Crippen LogP contribution is -2.18. The molecule has 21 heavy (non-hydrogen) atoms. The number of benzene rings is 1. The van der Waals surface area contributed by atoms with E-state index in [2.05, 4.69) is 11.8 Å². The molecule has 0 aliphatic heterocycles. The second-order valence-electron chi connectivity index (χ2n) is 4.58. The largest absolute Gasteiger partial charge is 0.366 e. The van der Waals surface area contributed by atoms with Crippen molar-refractivity contribution < 1.29 is 18.1 Å². The molecule has 0 amide bonds. The van der Waals surface area contributed by atoms with E-state index in [1.54, 1.807) is 13.8 Å². The predicted molar refractivity (Wildman–Crippen MR) is 78.3 cm³/mol. The van der Waals surface area contributed by atoms with E-state index in [9.17, 15) is 18.5 Å². The highest BCUT2D eigenvalue weighted by molar-refractivity contribution is 7.94. The third kappa shape index (κ3) is 5.02. The Morgan fingerprint density at radius 1 is 1.29 bits per heavy atom. The fourth-order valence-electron chi connectivity index (χ4n) is 1.23. The van der Waals surface area contributed by atoms with Crippen molar-refractivity contribution in [3.8, 4) is 11.8 Å². The normalized spacial score (nSPS) is 12.0. The number of methoxy groups -OCH3 is 1. The number of non-ortho nitro benzene ring substituents is 1. The summed E-state index contributed by atoms with van der Waals surface area (Å²) in [4.78, 5) is 9.88. The van der Waals surface area contributed by atoms with Gasteiger partial charge in [0.15, 0.2) is 9.84 Å². The highest BCUT2D eigenvalue weighted by Gasteiger charge is 2.13. The molecule has 0 fully saturated rings. The minimum absolute atomic E-state index is 0.0304. The number of ether oxygens (including phenoxy) is 1. The van der Waals surface area contributed by atoms with Gasteiger partial charge in [0.05, 0.1) is 9.82 Å². The Hall–Kier alpha value is -2.17. The summed E-state index contributed by atoms with van der Waals surface area (Å²) in [5, 5.41) is 11.5. The molecule has 0 bridgehead atoms. The highest BCUT2D eigenvalue weighted by Crippen LogP contribution is 2.17. The van der Waals surface area contributed by atoms with Crippen LogP contribution >= 0.6 is 0 Å². The van der Waals surface area contributed by atoms with Crippen LogP contribution < -0.4 is 0 Å². The van der Waals surface area contributed by atoms with Crippen LogP contribution in [0, 0.1) is 22.0 Å². The molecule has 0 saturated heterocycles. The molecule has 0 unspecified atom stereocenters. The molecule has 1 rings (SSSR count). The summed E-state index contributed by atoms with van der Waals surface area (Å²) in [7, 11) is -2.17. The molecular formula is C14H15NO5S. The van der Waals surface area contributed by atoms with E-state index in [1.165, 1.54) is 25.3 Å². The molecule has 112 valence electrons. The summed E-state index contributed by atoms with van der Waals surface area (Å²) in [5.74, 6) is 5.33. The van der Waals surface area contributed by atoms with E-state index in [0.29, 0.717) is 0 Å². The van der Waals surface area contributed by atoms with Crippen molar-refractivity contribution in [2.24, 2.45) is 0 Å². The van der Waals surface area contributed by atoms with Crippen LogP contribution in [0.15, 0.2) is 40.6 Å². The Balaban J connectivity index is 2.94. The van der Waals surface area contributed by atoms with Crippen molar-refractivity contribution in [2.45, 2.75) is 24.3 Å². The number of nitro groups is 1. The minimum Gasteiger partial charge on any atom is -0.366 e. The Morgan fingerprint density at radius 3 is 2.33 bits per heavy atom. The number of nitrogens with zero attached hydrogens (tertiary/aromatic N) is 1. The zero-order valence-electron chi connectivity index (χ0n) is 11.9. The number of nitro benzene ring substituents is 1. The molecule has 0 radical (unpaired) electrons. The molecular weight excluding hydrogens is 294 g/mol. The lowest BCUT2D eigenvalue weighted by atomic mass is 10.1. The van der Waals surface area contributed by atoms with E-state index in [0.717, 1.165) is 17.5 Å².